The number of fused-ring (bicyclic) bond motifs is 3. The number of rotatable bonds is 1. The molecule has 0 fully saturated rings. The molecule has 3 nitrogen and oxygen atoms in total. The lowest BCUT2D eigenvalue weighted by molar-refractivity contribution is 0.670. The van der Waals surface area contributed by atoms with Gasteiger partial charge in [-0.25, -0.2) is 0 Å². The van der Waals surface area contributed by atoms with E-state index in [2.05, 4.69) is 0 Å². The fourth-order valence-corrected chi connectivity index (χ4v) is 2.82. The van der Waals surface area contributed by atoms with E-state index in [1.807, 2.05) is 60.7 Å². The molecule has 0 atom stereocenters. The van der Waals surface area contributed by atoms with Crippen molar-refractivity contribution in [2.24, 2.45) is 0 Å². The van der Waals surface area contributed by atoms with Gasteiger partial charge in [0.1, 0.15) is 5.58 Å². The zero-order chi connectivity index (χ0) is 14.4. The van der Waals surface area contributed by atoms with Gasteiger partial charge in [0, 0.05) is 22.0 Å². The zero-order valence-electron chi connectivity index (χ0n) is 11.3. The van der Waals surface area contributed by atoms with E-state index in [4.69, 9.17) is 15.9 Å². The van der Waals surface area contributed by atoms with E-state index in [0.29, 0.717) is 5.69 Å². The van der Waals surface area contributed by atoms with Crippen LogP contribution in [0.25, 0.3) is 33.1 Å². The summed E-state index contributed by atoms with van der Waals surface area (Å²) >= 11 is 0. The Morgan fingerprint density at radius 1 is 0.667 bits per heavy atom. The minimum Gasteiger partial charge on any atom is -0.454 e. The molecule has 0 unspecified atom stereocenters. The third-order valence-electron chi connectivity index (χ3n) is 3.81. The van der Waals surface area contributed by atoms with E-state index < -0.39 is 0 Å². The number of benzene rings is 3. The molecule has 1 aromatic heterocycles. The molecule has 0 bridgehead atoms. The summed E-state index contributed by atoms with van der Waals surface area (Å²) in [6.07, 6.45) is 0. The van der Waals surface area contributed by atoms with E-state index in [0.717, 1.165) is 38.8 Å². The van der Waals surface area contributed by atoms with E-state index >= 15 is 0 Å². The molecule has 0 amide bonds. The third kappa shape index (κ3) is 1.68. The predicted octanol–water partition coefficient (Wildman–Crippen LogP) is 4.42. The standard InChI is InChI=1S/C18H14N2O/c19-14-7-3-1-5-11(14)12-9-10-15(20)18-17(12)13-6-2-4-8-16(13)21-18/h1-10H,19-20H2. The van der Waals surface area contributed by atoms with Crippen molar-refractivity contribution in [3.8, 4) is 11.1 Å². The van der Waals surface area contributed by atoms with Gasteiger partial charge in [0.15, 0.2) is 5.58 Å². The lowest BCUT2D eigenvalue weighted by Gasteiger charge is -2.08. The van der Waals surface area contributed by atoms with Crippen LogP contribution in [0, 0.1) is 0 Å². The molecule has 1 heterocycles. The first-order valence-electron chi connectivity index (χ1n) is 6.80. The molecule has 0 aliphatic carbocycles. The molecule has 4 N–H and O–H groups in total. The summed E-state index contributed by atoms with van der Waals surface area (Å²) in [6, 6.07) is 19.7. The Hall–Kier alpha value is -2.94. The Kier molecular flexibility index (Phi) is 2.42. The van der Waals surface area contributed by atoms with Crippen molar-refractivity contribution < 1.29 is 4.42 Å². The number of anilines is 2. The van der Waals surface area contributed by atoms with Crippen molar-refractivity contribution in [3.05, 3.63) is 60.7 Å². The van der Waals surface area contributed by atoms with Gasteiger partial charge in [-0.15, -0.1) is 0 Å². The van der Waals surface area contributed by atoms with Crippen molar-refractivity contribution in [3.63, 3.8) is 0 Å². The van der Waals surface area contributed by atoms with E-state index in [-0.39, 0.29) is 0 Å². The first-order valence-corrected chi connectivity index (χ1v) is 6.80. The first-order chi connectivity index (χ1) is 10.3. The lowest BCUT2D eigenvalue weighted by Crippen LogP contribution is -1.91. The topological polar surface area (TPSA) is 65.2 Å². The minimum absolute atomic E-state index is 0.638. The molecule has 21 heavy (non-hydrogen) atoms. The molecule has 0 saturated carbocycles. The quantitative estimate of drug-likeness (QED) is 0.505. The highest BCUT2D eigenvalue weighted by Crippen LogP contribution is 2.40. The van der Waals surface area contributed by atoms with Crippen molar-refractivity contribution in [1.29, 1.82) is 0 Å². The molecule has 0 aliphatic rings. The maximum absolute atomic E-state index is 6.13. The fraction of sp³-hybridized carbons (Fsp3) is 0. The maximum Gasteiger partial charge on any atom is 0.158 e. The number of nitrogens with two attached hydrogens (primary N) is 2. The van der Waals surface area contributed by atoms with Crippen molar-refractivity contribution in [2.75, 3.05) is 11.5 Å². The molecule has 0 spiro atoms. The van der Waals surface area contributed by atoms with Crippen LogP contribution in [0.2, 0.25) is 0 Å². The van der Waals surface area contributed by atoms with Gasteiger partial charge < -0.3 is 15.9 Å². The average molecular weight is 274 g/mol. The molecule has 4 rings (SSSR count). The zero-order valence-corrected chi connectivity index (χ0v) is 11.3. The second-order valence-electron chi connectivity index (χ2n) is 5.09. The van der Waals surface area contributed by atoms with Crippen LogP contribution >= 0.6 is 0 Å². The SMILES string of the molecule is Nc1ccccc1-c1ccc(N)c2oc3ccccc3c12. The van der Waals surface area contributed by atoms with Crippen LogP contribution in [0.4, 0.5) is 11.4 Å². The fourth-order valence-electron chi connectivity index (χ4n) is 2.82. The van der Waals surface area contributed by atoms with Gasteiger partial charge in [0.05, 0.1) is 5.69 Å². The second kappa shape index (κ2) is 4.28. The van der Waals surface area contributed by atoms with Crippen LogP contribution in [0.15, 0.2) is 65.1 Å². The van der Waals surface area contributed by atoms with E-state index in [1.54, 1.807) is 0 Å². The number of furan rings is 1. The van der Waals surface area contributed by atoms with E-state index in [9.17, 15) is 0 Å². The van der Waals surface area contributed by atoms with Crippen molar-refractivity contribution >= 4 is 33.3 Å². The molecular weight excluding hydrogens is 260 g/mol. The largest absolute Gasteiger partial charge is 0.454 e. The van der Waals surface area contributed by atoms with Gasteiger partial charge in [0.25, 0.3) is 0 Å². The van der Waals surface area contributed by atoms with Gasteiger partial charge in [-0.05, 0) is 23.8 Å². The van der Waals surface area contributed by atoms with Crippen LogP contribution in [0.3, 0.4) is 0 Å². The molecule has 0 radical (unpaired) electrons. The average Bonchev–Trinajstić information content (AvgIpc) is 2.89. The highest BCUT2D eigenvalue weighted by molar-refractivity contribution is 6.16. The molecular formula is C18H14N2O. The van der Waals surface area contributed by atoms with Gasteiger partial charge >= 0.3 is 0 Å². The summed E-state index contributed by atoms with van der Waals surface area (Å²) in [4.78, 5) is 0. The Morgan fingerprint density at radius 2 is 1.43 bits per heavy atom. The Labute approximate surface area is 121 Å². The summed E-state index contributed by atoms with van der Waals surface area (Å²) in [5, 5.41) is 2.07. The molecule has 4 aromatic rings. The van der Waals surface area contributed by atoms with Crippen molar-refractivity contribution in [2.45, 2.75) is 0 Å². The molecule has 3 aromatic carbocycles. The number of para-hydroxylation sites is 2. The predicted molar refractivity (Wildman–Crippen MR) is 88.0 cm³/mol. The van der Waals surface area contributed by atoms with Crippen LogP contribution in [-0.2, 0) is 0 Å². The summed E-state index contributed by atoms with van der Waals surface area (Å²) in [5.74, 6) is 0. The number of nitrogen functional groups attached to an aromatic ring is 2. The molecule has 0 aliphatic heterocycles. The van der Waals surface area contributed by atoms with Crippen LogP contribution < -0.4 is 11.5 Å². The maximum atomic E-state index is 6.13. The number of hydrogen-bond donors (Lipinski definition) is 2. The van der Waals surface area contributed by atoms with Gasteiger partial charge in [0.2, 0.25) is 0 Å². The molecule has 3 heteroatoms. The molecule has 0 saturated heterocycles. The highest BCUT2D eigenvalue weighted by Gasteiger charge is 2.15. The highest BCUT2D eigenvalue weighted by atomic mass is 16.3. The lowest BCUT2D eigenvalue weighted by atomic mass is 9.97. The normalized spacial score (nSPS) is 11.2. The Balaban J connectivity index is 2.20. The smallest absolute Gasteiger partial charge is 0.158 e. The van der Waals surface area contributed by atoms with Gasteiger partial charge in [-0.3, -0.25) is 0 Å². The van der Waals surface area contributed by atoms with Crippen LogP contribution in [0.1, 0.15) is 0 Å². The molecule has 102 valence electrons. The first kappa shape index (κ1) is 11.9. The Morgan fingerprint density at radius 3 is 2.29 bits per heavy atom. The second-order valence-corrected chi connectivity index (χ2v) is 5.09. The summed E-state index contributed by atoms with van der Waals surface area (Å²) < 4.78 is 5.92. The van der Waals surface area contributed by atoms with E-state index in [1.165, 1.54) is 0 Å². The summed E-state index contributed by atoms with van der Waals surface area (Å²) in [7, 11) is 0. The monoisotopic (exact) mass is 274 g/mol. The number of hydrogen-bond acceptors (Lipinski definition) is 3. The van der Waals surface area contributed by atoms with Crippen LogP contribution in [-0.4, -0.2) is 0 Å². The van der Waals surface area contributed by atoms with Crippen LogP contribution in [0.5, 0.6) is 0 Å². The minimum atomic E-state index is 0.638. The van der Waals surface area contributed by atoms with Gasteiger partial charge in [-0.1, -0.05) is 42.5 Å². The van der Waals surface area contributed by atoms with Gasteiger partial charge in [-0.2, -0.15) is 0 Å². The third-order valence-corrected chi connectivity index (χ3v) is 3.81. The summed E-state index contributed by atoms with van der Waals surface area (Å²) in [5.41, 5.74) is 17.2. The Bertz CT molecular complexity index is 969. The summed E-state index contributed by atoms with van der Waals surface area (Å²) in [6.45, 7) is 0. The van der Waals surface area contributed by atoms with Crippen molar-refractivity contribution in [1.82, 2.24) is 0 Å².